The van der Waals surface area contributed by atoms with Gasteiger partial charge < -0.3 is 10.5 Å². The molecule has 0 bridgehead atoms. The first-order chi connectivity index (χ1) is 8.26. The fraction of sp³-hybridized carbons (Fsp3) is 0.500. The Bertz CT molecular complexity index is 375. The van der Waals surface area contributed by atoms with Gasteiger partial charge in [-0.25, -0.2) is 0 Å². The molecule has 0 aromatic carbocycles. The minimum absolute atomic E-state index is 0.189. The molecule has 92 valence electrons. The van der Waals surface area contributed by atoms with Crippen molar-refractivity contribution < 1.29 is 4.74 Å². The zero-order valence-corrected chi connectivity index (χ0v) is 10.6. The topological polar surface area (TPSA) is 48.1 Å². The predicted octanol–water partition coefficient (Wildman–Crippen LogP) is 2.15. The van der Waals surface area contributed by atoms with Gasteiger partial charge in [0.05, 0.1) is 12.8 Å². The van der Waals surface area contributed by atoms with Gasteiger partial charge in [-0.3, -0.25) is 4.98 Å². The van der Waals surface area contributed by atoms with Crippen molar-refractivity contribution in [3.63, 3.8) is 0 Å². The van der Waals surface area contributed by atoms with Crippen molar-refractivity contribution in [3.8, 4) is 17.6 Å². The first-order valence-corrected chi connectivity index (χ1v) is 5.99. The van der Waals surface area contributed by atoms with Crippen LogP contribution in [0, 0.1) is 11.8 Å². The van der Waals surface area contributed by atoms with E-state index in [1.807, 2.05) is 19.1 Å². The first kappa shape index (κ1) is 13.5. The highest BCUT2D eigenvalue weighted by atomic mass is 16.5. The first-order valence-electron chi connectivity index (χ1n) is 5.99. The number of nitrogens with two attached hydrogens (primary N) is 1. The molecule has 1 aromatic heterocycles. The van der Waals surface area contributed by atoms with E-state index in [9.17, 15) is 0 Å². The van der Waals surface area contributed by atoms with Crippen LogP contribution in [0.15, 0.2) is 18.3 Å². The van der Waals surface area contributed by atoms with E-state index in [-0.39, 0.29) is 6.04 Å². The highest BCUT2D eigenvalue weighted by Crippen LogP contribution is 2.10. The lowest BCUT2D eigenvalue weighted by Gasteiger charge is -2.08. The standard InChI is InChI=1S/C14H20N2O/c1-3-5-6-9-17-14-8-7-13(16-11-14)10-12(15)4-2/h7-8,11-12H,4,6,9-10,15H2,1-2H3. The maximum atomic E-state index is 5.87. The number of aromatic nitrogens is 1. The molecule has 1 unspecified atom stereocenters. The molecule has 2 N–H and O–H groups in total. The molecule has 0 aliphatic rings. The predicted molar refractivity (Wildman–Crippen MR) is 69.8 cm³/mol. The van der Waals surface area contributed by atoms with Crippen molar-refractivity contribution in [2.24, 2.45) is 5.73 Å². The summed E-state index contributed by atoms with van der Waals surface area (Å²) in [5, 5.41) is 0. The van der Waals surface area contributed by atoms with Crippen molar-refractivity contribution in [1.29, 1.82) is 0 Å². The van der Waals surface area contributed by atoms with Gasteiger partial charge in [0.2, 0.25) is 0 Å². The largest absolute Gasteiger partial charge is 0.491 e. The number of rotatable bonds is 6. The van der Waals surface area contributed by atoms with Crippen LogP contribution in [0.5, 0.6) is 5.75 Å². The smallest absolute Gasteiger partial charge is 0.137 e. The Kier molecular flexibility index (Phi) is 6.13. The monoisotopic (exact) mass is 232 g/mol. The van der Waals surface area contributed by atoms with Gasteiger partial charge in [-0.05, 0) is 25.5 Å². The fourth-order valence-corrected chi connectivity index (χ4v) is 1.37. The quantitative estimate of drug-likeness (QED) is 0.604. The second-order valence-electron chi connectivity index (χ2n) is 3.88. The van der Waals surface area contributed by atoms with Crippen LogP contribution >= 0.6 is 0 Å². The molecule has 3 nitrogen and oxygen atoms in total. The van der Waals surface area contributed by atoms with Crippen LogP contribution < -0.4 is 10.5 Å². The average molecular weight is 232 g/mol. The van der Waals surface area contributed by atoms with Gasteiger partial charge >= 0.3 is 0 Å². The van der Waals surface area contributed by atoms with Crippen molar-refractivity contribution in [2.75, 3.05) is 6.61 Å². The van der Waals surface area contributed by atoms with Crippen molar-refractivity contribution in [1.82, 2.24) is 4.98 Å². The molecule has 1 atom stereocenters. The third kappa shape index (κ3) is 5.37. The van der Waals surface area contributed by atoms with Crippen LogP contribution in [-0.2, 0) is 6.42 Å². The maximum absolute atomic E-state index is 5.87. The van der Waals surface area contributed by atoms with E-state index in [4.69, 9.17) is 10.5 Å². The summed E-state index contributed by atoms with van der Waals surface area (Å²) >= 11 is 0. The van der Waals surface area contributed by atoms with E-state index < -0.39 is 0 Å². The molecule has 17 heavy (non-hydrogen) atoms. The van der Waals surface area contributed by atoms with Crippen LogP contribution in [0.3, 0.4) is 0 Å². The van der Waals surface area contributed by atoms with Crippen molar-refractivity contribution in [3.05, 3.63) is 24.0 Å². The third-order valence-electron chi connectivity index (χ3n) is 2.47. The van der Waals surface area contributed by atoms with Gasteiger partial charge in [-0.1, -0.05) is 6.92 Å². The molecule has 1 heterocycles. The average Bonchev–Trinajstić information content (AvgIpc) is 2.36. The van der Waals surface area contributed by atoms with Gasteiger partial charge in [0.15, 0.2) is 0 Å². The lowest BCUT2D eigenvalue weighted by molar-refractivity contribution is 0.325. The van der Waals surface area contributed by atoms with Gasteiger partial charge in [0.1, 0.15) is 5.75 Å². The van der Waals surface area contributed by atoms with Crippen LogP contribution in [0.1, 0.15) is 32.4 Å². The van der Waals surface area contributed by atoms with Crippen LogP contribution in [0.25, 0.3) is 0 Å². The van der Waals surface area contributed by atoms with Crippen LogP contribution in [0.4, 0.5) is 0 Å². The number of pyridine rings is 1. The number of hydrogen-bond acceptors (Lipinski definition) is 3. The SMILES string of the molecule is CC#CCCOc1ccc(CC(N)CC)nc1. The fourth-order valence-electron chi connectivity index (χ4n) is 1.37. The molecule has 0 amide bonds. The summed E-state index contributed by atoms with van der Waals surface area (Å²) < 4.78 is 5.50. The van der Waals surface area contributed by atoms with Crippen LogP contribution in [-0.4, -0.2) is 17.6 Å². The summed E-state index contributed by atoms with van der Waals surface area (Å²) in [7, 11) is 0. The zero-order chi connectivity index (χ0) is 12.5. The molecule has 0 radical (unpaired) electrons. The van der Waals surface area contributed by atoms with Crippen molar-refractivity contribution >= 4 is 0 Å². The molecule has 1 aromatic rings. The lowest BCUT2D eigenvalue weighted by Crippen LogP contribution is -2.21. The molecule has 0 aliphatic carbocycles. The van der Waals surface area contributed by atoms with Gasteiger partial charge in [0.25, 0.3) is 0 Å². The van der Waals surface area contributed by atoms with Gasteiger partial charge in [-0.15, -0.1) is 11.8 Å². The molecule has 0 fully saturated rings. The highest BCUT2D eigenvalue weighted by Gasteiger charge is 2.02. The number of nitrogens with zero attached hydrogens (tertiary/aromatic N) is 1. The normalized spacial score (nSPS) is 11.5. The summed E-state index contributed by atoms with van der Waals surface area (Å²) in [5.74, 6) is 6.57. The molecule has 0 saturated carbocycles. The van der Waals surface area contributed by atoms with E-state index in [0.717, 1.165) is 30.7 Å². The molecular weight excluding hydrogens is 212 g/mol. The third-order valence-corrected chi connectivity index (χ3v) is 2.47. The van der Waals surface area contributed by atoms with E-state index in [1.54, 1.807) is 6.20 Å². The van der Waals surface area contributed by atoms with E-state index in [0.29, 0.717) is 6.61 Å². The Morgan fingerprint density at radius 2 is 2.29 bits per heavy atom. The Morgan fingerprint density at radius 3 is 2.88 bits per heavy atom. The van der Waals surface area contributed by atoms with E-state index in [1.165, 1.54) is 0 Å². The van der Waals surface area contributed by atoms with Gasteiger partial charge in [-0.2, -0.15) is 0 Å². The molecule has 0 aliphatic heterocycles. The van der Waals surface area contributed by atoms with Crippen molar-refractivity contribution in [2.45, 2.75) is 39.2 Å². The minimum Gasteiger partial charge on any atom is -0.491 e. The Balaban J connectivity index is 2.41. The molecule has 1 rings (SSSR count). The van der Waals surface area contributed by atoms with E-state index >= 15 is 0 Å². The number of hydrogen-bond donors (Lipinski definition) is 1. The zero-order valence-electron chi connectivity index (χ0n) is 10.6. The second-order valence-corrected chi connectivity index (χ2v) is 3.88. The van der Waals surface area contributed by atoms with E-state index in [2.05, 4.69) is 23.7 Å². The number of ether oxygens (including phenoxy) is 1. The summed E-state index contributed by atoms with van der Waals surface area (Å²) in [5.41, 5.74) is 6.88. The molecule has 0 spiro atoms. The van der Waals surface area contributed by atoms with Crippen LogP contribution in [0.2, 0.25) is 0 Å². The summed E-state index contributed by atoms with van der Waals surface area (Å²) in [6, 6.07) is 4.09. The summed E-state index contributed by atoms with van der Waals surface area (Å²) in [6.07, 6.45) is 4.28. The van der Waals surface area contributed by atoms with Gasteiger partial charge in [0, 0.05) is 24.6 Å². The lowest BCUT2D eigenvalue weighted by atomic mass is 10.1. The Morgan fingerprint density at radius 1 is 1.47 bits per heavy atom. The Hall–Kier alpha value is -1.53. The Labute approximate surface area is 103 Å². The maximum Gasteiger partial charge on any atom is 0.137 e. The minimum atomic E-state index is 0.189. The second kappa shape index (κ2) is 7.70. The molecule has 0 saturated heterocycles. The highest BCUT2D eigenvalue weighted by molar-refractivity contribution is 5.20. The summed E-state index contributed by atoms with van der Waals surface area (Å²) in [6.45, 7) is 4.51. The molecule has 3 heteroatoms. The molecular formula is C14H20N2O. The summed E-state index contributed by atoms with van der Waals surface area (Å²) in [4.78, 5) is 4.32.